The van der Waals surface area contributed by atoms with E-state index >= 15 is 0 Å². The molecule has 0 atom stereocenters. The summed E-state index contributed by atoms with van der Waals surface area (Å²) in [7, 11) is 0. The van der Waals surface area contributed by atoms with Crippen LogP contribution in [0.5, 0.6) is 11.5 Å². The lowest BCUT2D eigenvalue weighted by Gasteiger charge is -2.37. The second-order valence-corrected chi connectivity index (χ2v) is 9.68. The van der Waals surface area contributed by atoms with Gasteiger partial charge in [0, 0.05) is 16.5 Å². The summed E-state index contributed by atoms with van der Waals surface area (Å²) in [6.45, 7) is 3.38. The fourth-order valence-corrected chi connectivity index (χ4v) is 5.46. The van der Waals surface area contributed by atoms with Crippen molar-refractivity contribution >= 4 is 0 Å². The van der Waals surface area contributed by atoms with Crippen LogP contribution < -0.4 is 0 Å². The van der Waals surface area contributed by atoms with E-state index < -0.39 is 0 Å². The van der Waals surface area contributed by atoms with Gasteiger partial charge in [0.2, 0.25) is 0 Å². The summed E-state index contributed by atoms with van der Waals surface area (Å²) in [6.07, 6.45) is 13.0. The van der Waals surface area contributed by atoms with Gasteiger partial charge in [-0.2, -0.15) is 0 Å². The van der Waals surface area contributed by atoms with E-state index in [1.54, 1.807) is 0 Å². The molecule has 1 fully saturated rings. The van der Waals surface area contributed by atoms with Gasteiger partial charge in [0.15, 0.2) is 0 Å². The lowest BCUT2D eigenvalue weighted by atomic mass is 9.66. The molecule has 1 aliphatic rings. The molecule has 0 aliphatic heterocycles. The molecule has 2 aromatic carbocycles. The van der Waals surface area contributed by atoms with Crippen molar-refractivity contribution in [1.82, 2.24) is 0 Å². The van der Waals surface area contributed by atoms with Crippen LogP contribution in [0.1, 0.15) is 104 Å². The first-order valence-corrected chi connectivity index (χ1v) is 12.3. The Bertz CT molecular complexity index is 829. The minimum absolute atomic E-state index is 0.164. The summed E-state index contributed by atoms with van der Waals surface area (Å²) in [5.74, 6) is 0.329. The Hall–Kier alpha value is -2.04. The van der Waals surface area contributed by atoms with Gasteiger partial charge >= 0.3 is 0 Å². The molecule has 1 saturated carbocycles. The first kappa shape index (κ1) is 24.6. The fraction of sp³-hybridized carbons (Fsp3) is 0.571. The first-order chi connectivity index (χ1) is 15.4. The Kier molecular flexibility index (Phi) is 8.61. The van der Waals surface area contributed by atoms with Crippen LogP contribution in [0.2, 0.25) is 0 Å². The Morgan fingerprint density at radius 2 is 0.938 bits per heavy atom. The molecule has 32 heavy (non-hydrogen) atoms. The van der Waals surface area contributed by atoms with E-state index in [0.717, 1.165) is 47.9 Å². The van der Waals surface area contributed by atoms with Gasteiger partial charge in [-0.25, -0.2) is 0 Å². The van der Waals surface area contributed by atoms with E-state index in [9.17, 15) is 20.4 Å². The molecule has 2 aromatic rings. The third kappa shape index (κ3) is 5.29. The Balaban J connectivity index is 2.19. The van der Waals surface area contributed by atoms with Crippen molar-refractivity contribution in [2.24, 2.45) is 0 Å². The van der Waals surface area contributed by atoms with Gasteiger partial charge in [-0.3, -0.25) is 0 Å². The van der Waals surface area contributed by atoms with Crippen molar-refractivity contribution in [3.05, 3.63) is 57.6 Å². The molecule has 0 spiro atoms. The van der Waals surface area contributed by atoms with Crippen LogP contribution in [0.3, 0.4) is 0 Å². The molecule has 4 nitrogen and oxygen atoms in total. The van der Waals surface area contributed by atoms with Crippen LogP contribution in [0, 0.1) is 13.8 Å². The highest BCUT2D eigenvalue weighted by Crippen LogP contribution is 2.46. The molecule has 176 valence electrons. The Labute approximate surface area is 192 Å². The zero-order valence-corrected chi connectivity index (χ0v) is 19.8. The van der Waals surface area contributed by atoms with E-state index in [2.05, 4.69) is 12.1 Å². The highest BCUT2D eigenvalue weighted by atomic mass is 16.3. The molecular weight excluding hydrogens is 400 g/mol. The van der Waals surface area contributed by atoms with E-state index in [-0.39, 0.29) is 30.1 Å². The smallest absolute Gasteiger partial charge is 0.124 e. The number of hydrogen-bond acceptors (Lipinski definition) is 4. The van der Waals surface area contributed by atoms with Crippen molar-refractivity contribution in [2.75, 3.05) is 0 Å². The molecule has 0 aromatic heterocycles. The SMILES string of the molecule is Cc1cc(C2(c3cc(C)c(O)c(CO)c3)CCCCCCCCCCC2)cc(CO)c1O. The number of aliphatic hydroxyl groups is 2. The van der Waals surface area contributed by atoms with E-state index in [0.29, 0.717) is 11.1 Å². The number of aryl methyl sites for hydroxylation is 2. The molecule has 1 aliphatic carbocycles. The topological polar surface area (TPSA) is 80.9 Å². The highest BCUT2D eigenvalue weighted by molar-refractivity contribution is 5.52. The van der Waals surface area contributed by atoms with Crippen molar-refractivity contribution in [2.45, 2.75) is 103 Å². The fourth-order valence-electron chi connectivity index (χ4n) is 5.46. The van der Waals surface area contributed by atoms with Gasteiger partial charge in [-0.1, -0.05) is 69.9 Å². The summed E-state index contributed by atoms with van der Waals surface area (Å²) in [4.78, 5) is 0. The van der Waals surface area contributed by atoms with Crippen molar-refractivity contribution in [3.8, 4) is 11.5 Å². The molecule has 4 heteroatoms. The van der Waals surface area contributed by atoms with Gasteiger partial charge in [0.1, 0.15) is 11.5 Å². The quantitative estimate of drug-likeness (QED) is 0.450. The third-order valence-corrected chi connectivity index (χ3v) is 7.41. The summed E-state index contributed by atoms with van der Waals surface area (Å²) < 4.78 is 0. The summed E-state index contributed by atoms with van der Waals surface area (Å²) >= 11 is 0. The summed E-state index contributed by atoms with van der Waals surface area (Å²) in [5, 5.41) is 40.7. The predicted octanol–water partition coefficient (Wildman–Crippen LogP) is 6.29. The van der Waals surface area contributed by atoms with Crippen molar-refractivity contribution in [1.29, 1.82) is 0 Å². The Morgan fingerprint density at radius 1 is 0.594 bits per heavy atom. The Morgan fingerprint density at radius 3 is 1.28 bits per heavy atom. The second-order valence-electron chi connectivity index (χ2n) is 9.68. The van der Waals surface area contributed by atoms with E-state index in [1.165, 1.54) is 44.9 Å². The molecule has 0 saturated heterocycles. The standard InChI is InChI=1S/C28H40O4/c1-20-14-24(16-22(18-29)26(20)31)28(25-15-21(2)27(32)23(17-25)19-30)12-10-8-6-4-3-5-7-9-11-13-28/h14-17,29-32H,3-13,18-19H2,1-2H3. The number of aromatic hydroxyl groups is 2. The van der Waals surface area contributed by atoms with E-state index in [1.807, 2.05) is 26.0 Å². The first-order valence-electron chi connectivity index (χ1n) is 12.3. The largest absolute Gasteiger partial charge is 0.507 e. The van der Waals surface area contributed by atoms with Crippen LogP contribution in [-0.2, 0) is 18.6 Å². The minimum atomic E-state index is -0.288. The summed E-state index contributed by atoms with van der Waals surface area (Å²) in [6, 6.07) is 8.08. The molecule has 0 unspecified atom stereocenters. The number of benzene rings is 2. The average Bonchev–Trinajstić information content (AvgIpc) is 2.78. The zero-order chi connectivity index (χ0) is 23.1. The van der Waals surface area contributed by atoms with Crippen molar-refractivity contribution in [3.63, 3.8) is 0 Å². The molecule has 0 amide bonds. The average molecular weight is 441 g/mol. The third-order valence-electron chi connectivity index (χ3n) is 7.41. The maximum absolute atomic E-state index is 10.5. The lowest BCUT2D eigenvalue weighted by Crippen LogP contribution is -2.29. The predicted molar refractivity (Wildman–Crippen MR) is 129 cm³/mol. The van der Waals surface area contributed by atoms with Gasteiger partial charge < -0.3 is 20.4 Å². The van der Waals surface area contributed by atoms with Gasteiger partial charge in [0.25, 0.3) is 0 Å². The molecule has 0 bridgehead atoms. The molecule has 0 heterocycles. The molecule has 0 radical (unpaired) electrons. The van der Waals surface area contributed by atoms with Crippen LogP contribution in [-0.4, -0.2) is 20.4 Å². The zero-order valence-electron chi connectivity index (χ0n) is 19.8. The van der Waals surface area contributed by atoms with Crippen LogP contribution in [0.25, 0.3) is 0 Å². The van der Waals surface area contributed by atoms with Gasteiger partial charge in [0.05, 0.1) is 13.2 Å². The molecule has 4 N–H and O–H groups in total. The minimum Gasteiger partial charge on any atom is -0.507 e. The maximum Gasteiger partial charge on any atom is 0.124 e. The van der Waals surface area contributed by atoms with Crippen LogP contribution >= 0.6 is 0 Å². The normalized spacial score (nSPS) is 18.0. The van der Waals surface area contributed by atoms with E-state index in [4.69, 9.17) is 0 Å². The number of aliphatic hydroxyl groups excluding tert-OH is 2. The molecule has 3 rings (SSSR count). The second kappa shape index (κ2) is 11.2. The number of phenols is 2. The van der Waals surface area contributed by atoms with Crippen molar-refractivity contribution < 1.29 is 20.4 Å². The highest BCUT2D eigenvalue weighted by Gasteiger charge is 2.35. The monoisotopic (exact) mass is 440 g/mol. The van der Waals surface area contributed by atoms with Crippen LogP contribution in [0.15, 0.2) is 24.3 Å². The molecular formula is C28H40O4. The lowest BCUT2D eigenvalue weighted by molar-refractivity contribution is 0.274. The number of hydrogen-bond donors (Lipinski definition) is 4. The summed E-state index contributed by atoms with van der Waals surface area (Å²) in [5.41, 5.74) is 4.60. The maximum atomic E-state index is 10.5. The number of rotatable bonds is 4. The van der Waals surface area contributed by atoms with Crippen LogP contribution in [0.4, 0.5) is 0 Å². The van der Waals surface area contributed by atoms with Gasteiger partial charge in [-0.15, -0.1) is 0 Å². The van der Waals surface area contributed by atoms with Gasteiger partial charge in [-0.05, 0) is 61.1 Å².